The van der Waals surface area contributed by atoms with E-state index in [0.29, 0.717) is 6.04 Å². The van der Waals surface area contributed by atoms with Gasteiger partial charge in [0.1, 0.15) is 0 Å². The Bertz CT molecular complexity index is 631. The van der Waals surface area contributed by atoms with E-state index in [1.54, 1.807) is 7.11 Å². The molecular formula is C21H34ClIN4O. The molecule has 7 heteroatoms. The molecule has 2 fully saturated rings. The number of likely N-dealkylation sites (tertiary alicyclic amines) is 1. The van der Waals surface area contributed by atoms with Crippen molar-refractivity contribution in [3.8, 4) is 0 Å². The van der Waals surface area contributed by atoms with Gasteiger partial charge in [-0.2, -0.15) is 0 Å². The van der Waals surface area contributed by atoms with Crippen molar-refractivity contribution >= 4 is 41.5 Å². The first-order chi connectivity index (χ1) is 13.1. The van der Waals surface area contributed by atoms with Crippen LogP contribution in [0.1, 0.15) is 37.7 Å². The number of halogens is 2. The lowest BCUT2D eigenvalue weighted by molar-refractivity contribution is 0.155. The highest BCUT2D eigenvalue weighted by molar-refractivity contribution is 14.0. The van der Waals surface area contributed by atoms with Gasteiger partial charge in [-0.05, 0) is 49.8 Å². The van der Waals surface area contributed by atoms with Gasteiger partial charge in [0.25, 0.3) is 0 Å². The molecule has 1 aromatic carbocycles. The Kier molecular flexibility index (Phi) is 9.80. The summed E-state index contributed by atoms with van der Waals surface area (Å²) < 4.78 is 5.15. The molecule has 0 aromatic heterocycles. The van der Waals surface area contributed by atoms with Gasteiger partial charge in [0, 0.05) is 63.4 Å². The summed E-state index contributed by atoms with van der Waals surface area (Å²) in [6.45, 7) is 5.18. The van der Waals surface area contributed by atoms with Crippen molar-refractivity contribution in [2.75, 3.05) is 46.9 Å². The molecule has 0 bridgehead atoms. The Hall–Kier alpha value is -0.570. The van der Waals surface area contributed by atoms with Gasteiger partial charge in [0.2, 0.25) is 0 Å². The van der Waals surface area contributed by atoms with Crippen LogP contribution in [0.4, 0.5) is 0 Å². The van der Waals surface area contributed by atoms with Crippen LogP contribution in [-0.2, 0) is 10.2 Å². The molecule has 1 saturated carbocycles. The summed E-state index contributed by atoms with van der Waals surface area (Å²) in [5.74, 6) is 0.918. The Labute approximate surface area is 191 Å². The third-order valence-corrected chi connectivity index (χ3v) is 6.09. The lowest BCUT2D eigenvalue weighted by Gasteiger charge is -2.33. The van der Waals surface area contributed by atoms with E-state index in [1.807, 2.05) is 19.2 Å². The minimum absolute atomic E-state index is 0. The summed E-state index contributed by atoms with van der Waals surface area (Å²) in [6, 6.07) is 8.78. The van der Waals surface area contributed by atoms with Crippen molar-refractivity contribution in [3.05, 3.63) is 34.9 Å². The quantitative estimate of drug-likeness (QED) is 0.238. The first kappa shape index (κ1) is 23.7. The van der Waals surface area contributed by atoms with Crippen molar-refractivity contribution in [1.82, 2.24) is 15.5 Å². The van der Waals surface area contributed by atoms with Gasteiger partial charge in [0.05, 0.1) is 0 Å². The van der Waals surface area contributed by atoms with Crippen LogP contribution in [0.2, 0.25) is 5.02 Å². The third-order valence-electron chi connectivity index (χ3n) is 5.86. The number of hydrogen-bond acceptors (Lipinski definition) is 3. The van der Waals surface area contributed by atoms with E-state index in [2.05, 4.69) is 32.7 Å². The van der Waals surface area contributed by atoms with E-state index < -0.39 is 0 Å². The second kappa shape index (κ2) is 11.6. The molecule has 1 aromatic rings. The topological polar surface area (TPSA) is 48.9 Å². The maximum Gasteiger partial charge on any atom is 0.191 e. The number of hydrogen-bond donors (Lipinski definition) is 2. The molecular weight excluding hydrogens is 487 g/mol. The molecule has 1 saturated heterocycles. The highest BCUT2D eigenvalue weighted by atomic mass is 127. The number of nitrogens with zero attached hydrogens (tertiary/aromatic N) is 2. The summed E-state index contributed by atoms with van der Waals surface area (Å²) in [5.41, 5.74) is 1.55. The molecule has 1 aliphatic heterocycles. The fourth-order valence-corrected chi connectivity index (χ4v) is 4.10. The summed E-state index contributed by atoms with van der Waals surface area (Å²) in [5, 5.41) is 7.99. The molecule has 3 rings (SSSR count). The van der Waals surface area contributed by atoms with Crippen molar-refractivity contribution < 1.29 is 4.74 Å². The van der Waals surface area contributed by atoms with Gasteiger partial charge in [-0.3, -0.25) is 4.99 Å². The van der Waals surface area contributed by atoms with Crippen LogP contribution in [0.25, 0.3) is 0 Å². The van der Waals surface area contributed by atoms with E-state index in [1.165, 1.54) is 18.4 Å². The van der Waals surface area contributed by atoms with Crippen LogP contribution in [0.5, 0.6) is 0 Å². The molecule has 1 heterocycles. The van der Waals surface area contributed by atoms with E-state index in [-0.39, 0.29) is 29.4 Å². The first-order valence-electron chi connectivity index (χ1n) is 10.1. The van der Waals surface area contributed by atoms with E-state index in [9.17, 15) is 0 Å². The standard InChI is InChI=1S/C21H33ClN4O.HI/c1-23-20(25-19-7-12-26(13-8-19)11-4-14-27-2)24-16-21(9-10-21)17-5-3-6-18(22)15-17;/h3,5-6,15,19H,4,7-14,16H2,1-2H3,(H2,23,24,25);1H. The van der Waals surface area contributed by atoms with Gasteiger partial charge >= 0.3 is 0 Å². The van der Waals surface area contributed by atoms with Gasteiger partial charge in [0.15, 0.2) is 5.96 Å². The summed E-state index contributed by atoms with van der Waals surface area (Å²) >= 11 is 6.18. The monoisotopic (exact) mass is 520 g/mol. The van der Waals surface area contributed by atoms with Crippen molar-refractivity contribution in [2.24, 2.45) is 4.99 Å². The van der Waals surface area contributed by atoms with Crippen LogP contribution < -0.4 is 10.6 Å². The van der Waals surface area contributed by atoms with Gasteiger partial charge in [-0.25, -0.2) is 0 Å². The number of nitrogens with one attached hydrogen (secondary N) is 2. The van der Waals surface area contributed by atoms with Crippen LogP contribution in [0.15, 0.2) is 29.3 Å². The predicted molar refractivity (Wildman–Crippen MR) is 128 cm³/mol. The van der Waals surface area contributed by atoms with E-state index >= 15 is 0 Å². The Morgan fingerprint density at radius 2 is 2.07 bits per heavy atom. The van der Waals surface area contributed by atoms with Crippen LogP contribution in [0, 0.1) is 0 Å². The molecule has 2 N–H and O–H groups in total. The van der Waals surface area contributed by atoms with E-state index in [4.69, 9.17) is 16.3 Å². The molecule has 2 aliphatic rings. The molecule has 0 amide bonds. The Balaban J connectivity index is 0.00000280. The number of aliphatic imine (C=N–C) groups is 1. The zero-order valence-corrected chi connectivity index (χ0v) is 20.1. The predicted octanol–water partition coefficient (Wildman–Crippen LogP) is 3.66. The van der Waals surface area contributed by atoms with Crippen molar-refractivity contribution in [1.29, 1.82) is 0 Å². The second-order valence-electron chi connectivity index (χ2n) is 7.82. The Morgan fingerprint density at radius 1 is 1.32 bits per heavy atom. The maximum atomic E-state index is 6.18. The summed E-state index contributed by atoms with van der Waals surface area (Å²) in [4.78, 5) is 6.98. The molecule has 0 atom stereocenters. The zero-order valence-electron chi connectivity index (χ0n) is 17.0. The summed E-state index contributed by atoms with van der Waals surface area (Å²) in [6.07, 6.45) is 5.85. The molecule has 1 aliphatic carbocycles. The second-order valence-corrected chi connectivity index (χ2v) is 8.26. The smallest absolute Gasteiger partial charge is 0.191 e. The molecule has 158 valence electrons. The number of rotatable bonds is 8. The van der Waals surface area contributed by atoms with Crippen LogP contribution in [0.3, 0.4) is 0 Å². The molecule has 5 nitrogen and oxygen atoms in total. The normalized spacial score (nSPS) is 19.8. The average Bonchev–Trinajstić information content (AvgIpc) is 3.48. The third kappa shape index (κ3) is 6.75. The number of methoxy groups -OCH3 is 1. The maximum absolute atomic E-state index is 6.18. The SMILES string of the molecule is CN=C(NCC1(c2cccc(Cl)c2)CC1)NC1CCN(CCCOC)CC1.I. The molecule has 0 spiro atoms. The lowest BCUT2D eigenvalue weighted by Crippen LogP contribution is -2.50. The lowest BCUT2D eigenvalue weighted by atomic mass is 9.96. The van der Waals surface area contributed by atoms with Gasteiger partial charge < -0.3 is 20.3 Å². The molecule has 28 heavy (non-hydrogen) atoms. The number of guanidine groups is 1. The molecule has 0 unspecified atom stereocenters. The van der Waals surface area contributed by atoms with Crippen molar-refractivity contribution in [3.63, 3.8) is 0 Å². The first-order valence-corrected chi connectivity index (χ1v) is 10.5. The van der Waals surface area contributed by atoms with Crippen LogP contribution in [-0.4, -0.2) is 63.8 Å². The molecule has 0 radical (unpaired) electrons. The fourth-order valence-electron chi connectivity index (χ4n) is 3.91. The zero-order chi connectivity index (χ0) is 19.1. The largest absolute Gasteiger partial charge is 0.385 e. The van der Waals surface area contributed by atoms with Gasteiger partial charge in [-0.15, -0.1) is 24.0 Å². The highest BCUT2D eigenvalue weighted by Gasteiger charge is 2.44. The van der Waals surface area contributed by atoms with Crippen molar-refractivity contribution in [2.45, 2.75) is 43.6 Å². The average molecular weight is 521 g/mol. The van der Waals surface area contributed by atoms with Gasteiger partial charge in [-0.1, -0.05) is 23.7 Å². The van der Waals surface area contributed by atoms with Crippen LogP contribution >= 0.6 is 35.6 Å². The number of piperidine rings is 1. The number of ether oxygens (including phenoxy) is 1. The summed E-state index contributed by atoms with van der Waals surface area (Å²) in [7, 11) is 3.63. The minimum atomic E-state index is 0. The fraction of sp³-hybridized carbons (Fsp3) is 0.667. The van der Waals surface area contributed by atoms with E-state index in [0.717, 1.165) is 63.0 Å². The highest BCUT2D eigenvalue weighted by Crippen LogP contribution is 2.48. The minimum Gasteiger partial charge on any atom is -0.385 e. The Morgan fingerprint density at radius 3 is 2.68 bits per heavy atom. The number of benzene rings is 1.